The molecule has 0 fully saturated rings. The first-order chi connectivity index (χ1) is 14.9. The maximum Gasteiger partial charge on any atom is 0.511 e. The summed E-state index contributed by atoms with van der Waals surface area (Å²) in [5.41, 5.74) is 2.07. The van der Waals surface area contributed by atoms with Gasteiger partial charge in [-0.1, -0.05) is 30.3 Å². The van der Waals surface area contributed by atoms with Gasteiger partial charge in [0.2, 0.25) is 0 Å². The maximum absolute atomic E-state index is 13.5. The summed E-state index contributed by atoms with van der Waals surface area (Å²) in [5.74, 6) is -0.431. The molecule has 7 nitrogen and oxygen atoms in total. The number of thiazole rings is 1. The number of ether oxygens (including phenoxy) is 1. The smallest absolute Gasteiger partial charge is 0.449 e. The van der Waals surface area contributed by atoms with Gasteiger partial charge in [0.05, 0.1) is 16.2 Å². The van der Waals surface area contributed by atoms with Gasteiger partial charge in [-0.3, -0.25) is 10.1 Å². The highest BCUT2D eigenvalue weighted by Gasteiger charge is 2.20. The monoisotopic (exact) mass is 436 g/mol. The molecule has 0 bridgehead atoms. The number of nitro benzene ring substituents is 1. The molecule has 154 valence electrons. The molecule has 9 heteroatoms. The molecule has 1 heterocycles. The minimum atomic E-state index is -1.54. The van der Waals surface area contributed by atoms with Gasteiger partial charge in [-0.2, -0.15) is 0 Å². The Morgan fingerprint density at radius 1 is 1.03 bits per heavy atom. The van der Waals surface area contributed by atoms with E-state index in [4.69, 9.17) is 9.84 Å². The lowest BCUT2D eigenvalue weighted by Crippen LogP contribution is -2.05. The van der Waals surface area contributed by atoms with Crippen LogP contribution in [0.25, 0.3) is 33.0 Å². The quantitative estimate of drug-likeness (QED) is 0.172. The van der Waals surface area contributed by atoms with Gasteiger partial charge in [0.25, 0.3) is 5.69 Å². The van der Waals surface area contributed by atoms with Crippen LogP contribution in [0, 0.1) is 15.9 Å². The van der Waals surface area contributed by atoms with Crippen molar-refractivity contribution in [1.29, 1.82) is 0 Å². The van der Waals surface area contributed by atoms with E-state index in [2.05, 4.69) is 4.98 Å². The molecular weight excluding hydrogens is 423 g/mol. The van der Waals surface area contributed by atoms with Crippen LogP contribution in [0.3, 0.4) is 0 Å². The number of hydrogen-bond donors (Lipinski definition) is 1. The Morgan fingerprint density at radius 3 is 2.58 bits per heavy atom. The van der Waals surface area contributed by atoms with Gasteiger partial charge in [-0.15, -0.1) is 11.3 Å². The van der Waals surface area contributed by atoms with Gasteiger partial charge < -0.3 is 9.84 Å². The van der Waals surface area contributed by atoms with E-state index < -0.39 is 11.1 Å². The fraction of sp³-hybridized carbons (Fsp3) is 0. The Labute approximate surface area is 179 Å². The molecule has 1 aromatic heterocycles. The van der Waals surface area contributed by atoms with Gasteiger partial charge in [-0.25, -0.2) is 14.2 Å². The number of halogens is 1. The lowest BCUT2D eigenvalue weighted by molar-refractivity contribution is -0.384. The molecule has 0 aliphatic heterocycles. The average Bonchev–Trinajstić information content (AvgIpc) is 3.24. The third kappa shape index (κ3) is 4.26. The van der Waals surface area contributed by atoms with E-state index >= 15 is 0 Å². The maximum atomic E-state index is 13.5. The Morgan fingerprint density at radius 2 is 1.84 bits per heavy atom. The molecule has 4 rings (SSSR count). The molecule has 0 aliphatic carbocycles. The van der Waals surface area contributed by atoms with Crippen molar-refractivity contribution in [2.24, 2.45) is 0 Å². The van der Waals surface area contributed by atoms with Crippen LogP contribution in [0.5, 0.6) is 5.75 Å². The molecule has 31 heavy (non-hydrogen) atoms. The van der Waals surface area contributed by atoms with Crippen LogP contribution >= 0.6 is 11.3 Å². The fourth-order valence-electron chi connectivity index (χ4n) is 3.10. The molecule has 4 aromatic rings. The molecule has 0 radical (unpaired) electrons. The van der Waals surface area contributed by atoms with Crippen molar-refractivity contribution in [3.8, 4) is 38.7 Å². The van der Waals surface area contributed by atoms with Gasteiger partial charge in [0.15, 0.2) is 0 Å². The molecule has 3 aromatic carbocycles. The highest BCUT2D eigenvalue weighted by atomic mass is 32.1. The number of nitrogens with zero attached hydrogens (tertiary/aromatic N) is 2. The van der Waals surface area contributed by atoms with Gasteiger partial charge in [-0.05, 0) is 30.3 Å². The van der Waals surface area contributed by atoms with Crippen molar-refractivity contribution in [2.75, 3.05) is 0 Å². The SMILES string of the molecule is O=C(O)Oc1cc(-c2nc(-c3cccc(F)c3)cs2)ccc1-c1ccccc1[N+](=O)[O-]. The molecule has 0 amide bonds. The summed E-state index contributed by atoms with van der Waals surface area (Å²) in [5, 5.41) is 22.9. The van der Waals surface area contributed by atoms with Crippen LogP contribution in [0.15, 0.2) is 72.1 Å². The zero-order valence-corrected chi connectivity index (χ0v) is 16.5. The number of carbonyl (C=O) groups is 1. The zero-order valence-electron chi connectivity index (χ0n) is 15.7. The number of benzene rings is 3. The van der Waals surface area contributed by atoms with Crippen molar-refractivity contribution >= 4 is 23.2 Å². The van der Waals surface area contributed by atoms with Crippen molar-refractivity contribution in [1.82, 2.24) is 4.98 Å². The highest BCUT2D eigenvalue weighted by molar-refractivity contribution is 7.13. The first-order valence-corrected chi connectivity index (χ1v) is 9.81. The fourth-order valence-corrected chi connectivity index (χ4v) is 3.93. The summed E-state index contributed by atoms with van der Waals surface area (Å²) >= 11 is 1.30. The Kier molecular flexibility index (Phi) is 5.42. The summed E-state index contributed by atoms with van der Waals surface area (Å²) < 4.78 is 18.4. The standard InChI is InChI=1S/C22H13FN2O5S/c23-15-5-3-4-13(10-15)18-12-31-21(24-18)14-8-9-17(20(11-14)30-22(26)27)16-6-1-2-7-19(16)25(28)29/h1-12H,(H,26,27). The predicted molar refractivity (Wildman–Crippen MR) is 114 cm³/mol. The van der Waals surface area contributed by atoms with E-state index in [0.717, 1.165) is 0 Å². The molecule has 1 N–H and O–H groups in total. The summed E-state index contributed by atoms with van der Waals surface area (Å²) in [4.78, 5) is 26.6. The Bertz CT molecular complexity index is 1300. The van der Waals surface area contributed by atoms with Crippen molar-refractivity contribution < 1.29 is 24.0 Å². The van der Waals surface area contributed by atoms with Gasteiger partial charge in [0.1, 0.15) is 16.6 Å². The Hall–Kier alpha value is -4.11. The van der Waals surface area contributed by atoms with Crippen molar-refractivity contribution in [3.63, 3.8) is 0 Å². The van der Waals surface area contributed by atoms with E-state index in [0.29, 0.717) is 21.8 Å². The van der Waals surface area contributed by atoms with Crippen LogP contribution in [-0.2, 0) is 0 Å². The van der Waals surface area contributed by atoms with Gasteiger partial charge in [0, 0.05) is 28.1 Å². The summed E-state index contributed by atoms with van der Waals surface area (Å²) in [6.07, 6.45) is -1.54. The van der Waals surface area contributed by atoms with Crippen molar-refractivity contribution in [2.45, 2.75) is 0 Å². The minimum absolute atomic E-state index is 0.0539. The minimum Gasteiger partial charge on any atom is -0.449 e. The van der Waals surface area contributed by atoms with Crippen LogP contribution in [0.2, 0.25) is 0 Å². The first-order valence-electron chi connectivity index (χ1n) is 8.93. The van der Waals surface area contributed by atoms with Crippen LogP contribution < -0.4 is 4.74 Å². The number of hydrogen-bond acceptors (Lipinski definition) is 6. The van der Waals surface area contributed by atoms with Crippen LogP contribution in [0.1, 0.15) is 0 Å². The molecule has 0 unspecified atom stereocenters. The number of aromatic nitrogens is 1. The molecule has 0 saturated heterocycles. The lowest BCUT2D eigenvalue weighted by atomic mass is 10.0. The number of carboxylic acid groups (broad SMARTS) is 1. The van der Waals surface area contributed by atoms with E-state index in [1.807, 2.05) is 0 Å². The van der Waals surface area contributed by atoms with Crippen LogP contribution in [0.4, 0.5) is 14.9 Å². The summed E-state index contributed by atoms with van der Waals surface area (Å²) in [6.45, 7) is 0. The molecule has 0 spiro atoms. The first kappa shape index (κ1) is 20.2. The second-order valence-corrected chi connectivity index (χ2v) is 7.26. The number of para-hydroxylation sites is 1. The molecule has 0 saturated carbocycles. The lowest BCUT2D eigenvalue weighted by Gasteiger charge is -2.10. The molecule has 0 atom stereocenters. The molecule has 0 aliphatic rings. The zero-order chi connectivity index (χ0) is 22.0. The topological polar surface area (TPSA) is 103 Å². The number of rotatable bonds is 5. The average molecular weight is 436 g/mol. The van der Waals surface area contributed by atoms with E-state index in [1.54, 1.807) is 35.7 Å². The van der Waals surface area contributed by atoms with E-state index in [1.165, 1.54) is 47.7 Å². The largest absolute Gasteiger partial charge is 0.511 e. The second-order valence-electron chi connectivity index (χ2n) is 6.40. The Balaban J connectivity index is 1.78. The van der Waals surface area contributed by atoms with Crippen LogP contribution in [-0.4, -0.2) is 21.2 Å². The number of nitro groups is 1. The summed E-state index contributed by atoms with van der Waals surface area (Å²) in [6, 6.07) is 16.7. The predicted octanol–water partition coefficient (Wildman–Crippen LogP) is 6.25. The third-order valence-electron chi connectivity index (χ3n) is 4.44. The third-order valence-corrected chi connectivity index (χ3v) is 5.33. The van der Waals surface area contributed by atoms with E-state index in [9.17, 15) is 19.3 Å². The van der Waals surface area contributed by atoms with Crippen molar-refractivity contribution in [3.05, 3.63) is 88.0 Å². The second kappa shape index (κ2) is 8.33. The summed E-state index contributed by atoms with van der Waals surface area (Å²) in [7, 11) is 0. The van der Waals surface area contributed by atoms with Gasteiger partial charge >= 0.3 is 6.16 Å². The normalized spacial score (nSPS) is 10.6. The molecular formula is C22H13FN2O5S. The van der Waals surface area contributed by atoms with E-state index in [-0.39, 0.29) is 28.4 Å². The highest BCUT2D eigenvalue weighted by Crippen LogP contribution is 2.39.